The van der Waals surface area contributed by atoms with Crippen molar-refractivity contribution in [1.29, 1.82) is 0 Å². The maximum absolute atomic E-state index is 12.7. The van der Waals surface area contributed by atoms with Crippen LogP contribution in [0.4, 0.5) is 11.4 Å². The second-order valence-corrected chi connectivity index (χ2v) is 6.35. The van der Waals surface area contributed by atoms with Crippen LogP contribution in [-0.2, 0) is 0 Å². The van der Waals surface area contributed by atoms with Crippen molar-refractivity contribution in [3.05, 3.63) is 70.5 Å². The van der Waals surface area contributed by atoms with E-state index in [0.29, 0.717) is 31.7 Å². The molecule has 0 atom stereocenters. The van der Waals surface area contributed by atoms with E-state index in [1.54, 1.807) is 36.4 Å². The minimum Gasteiger partial charge on any atom is -0.368 e. The number of non-ortho nitro benzene ring substituents is 1. The molecule has 0 bridgehead atoms. The Bertz CT molecular complexity index is 963. The Morgan fingerprint density at radius 1 is 0.929 bits per heavy atom. The summed E-state index contributed by atoms with van der Waals surface area (Å²) in [6.45, 7) is 2.52. The summed E-state index contributed by atoms with van der Waals surface area (Å²) in [5.41, 5.74) is 2.39. The molecular formula is C18H17N7O3. The van der Waals surface area contributed by atoms with E-state index in [0.717, 1.165) is 11.4 Å². The molecule has 0 N–H and O–H groups in total. The molecule has 0 aliphatic carbocycles. The Balaban J connectivity index is 1.38. The predicted octanol–water partition coefficient (Wildman–Crippen LogP) is 1.53. The van der Waals surface area contributed by atoms with Gasteiger partial charge in [-0.2, -0.15) is 0 Å². The van der Waals surface area contributed by atoms with Crippen LogP contribution in [0.3, 0.4) is 0 Å². The highest BCUT2D eigenvalue weighted by Gasteiger charge is 2.22. The fraction of sp³-hybridized carbons (Fsp3) is 0.222. The third kappa shape index (κ3) is 3.52. The normalized spacial score (nSPS) is 14.1. The topological polar surface area (TPSA) is 110 Å². The van der Waals surface area contributed by atoms with E-state index < -0.39 is 4.92 Å². The first-order valence-corrected chi connectivity index (χ1v) is 8.74. The van der Waals surface area contributed by atoms with Crippen LogP contribution in [0.25, 0.3) is 5.69 Å². The molecule has 0 saturated carbocycles. The summed E-state index contributed by atoms with van der Waals surface area (Å²) in [5.74, 6) is -0.0217. The maximum Gasteiger partial charge on any atom is 0.269 e. The largest absolute Gasteiger partial charge is 0.368 e. The smallest absolute Gasteiger partial charge is 0.269 e. The molecule has 28 heavy (non-hydrogen) atoms. The molecule has 0 unspecified atom stereocenters. The van der Waals surface area contributed by atoms with Crippen molar-refractivity contribution in [3.63, 3.8) is 0 Å². The van der Waals surface area contributed by atoms with Crippen molar-refractivity contribution in [2.24, 2.45) is 0 Å². The van der Waals surface area contributed by atoms with Crippen molar-refractivity contribution >= 4 is 17.3 Å². The number of hydrogen-bond acceptors (Lipinski definition) is 7. The van der Waals surface area contributed by atoms with E-state index in [1.165, 1.54) is 23.1 Å². The quantitative estimate of drug-likeness (QED) is 0.499. The van der Waals surface area contributed by atoms with Gasteiger partial charge < -0.3 is 9.80 Å². The van der Waals surface area contributed by atoms with Crippen LogP contribution >= 0.6 is 0 Å². The molecule has 4 rings (SSSR count). The molecule has 1 aliphatic heterocycles. The van der Waals surface area contributed by atoms with Gasteiger partial charge in [0, 0.05) is 49.6 Å². The van der Waals surface area contributed by atoms with Crippen LogP contribution in [0.15, 0.2) is 54.9 Å². The summed E-state index contributed by atoms with van der Waals surface area (Å²) >= 11 is 0. The van der Waals surface area contributed by atoms with Gasteiger partial charge >= 0.3 is 0 Å². The van der Waals surface area contributed by atoms with Gasteiger partial charge in [-0.25, -0.2) is 4.68 Å². The van der Waals surface area contributed by atoms with Crippen LogP contribution < -0.4 is 4.90 Å². The number of carbonyl (C=O) groups excluding carboxylic acids is 1. The molecule has 0 radical (unpaired) electrons. The summed E-state index contributed by atoms with van der Waals surface area (Å²) in [4.78, 5) is 27.0. The third-order valence-electron chi connectivity index (χ3n) is 4.72. The van der Waals surface area contributed by atoms with Crippen LogP contribution in [0.2, 0.25) is 0 Å². The number of anilines is 1. The molecule has 2 aromatic carbocycles. The van der Waals surface area contributed by atoms with E-state index >= 15 is 0 Å². The Morgan fingerprint density at radius 3 is 2.14 bits per heavy atom. The number of nitro benzene ring substituents is 1. The summed E-state index contributed by atoms with van der Waals surface area (Å²) in [6, 6.07) is 13.6. The molecule has 1 aliphatic rings. The van der Waals surface area contributed by atoms with Crippen molar-refractivity contribution in [2.75, 3.05) is 31.1 Å². The number of benzene rings is 2. The van der Waals surface area contributed by atoms with E-state index in [-0.39, 0.29) is 11.6 Å². The van der Waals surface area contributed by atoms with Gasteiger partial charge in [0.1, 0.15) is 6.33 Å². The minimum atomic E-state index is -0.412. The van der Waals surface area contributed by atoms with Crippen molar-refractivity contribution in [1.82, 2.24) is 25.1 Å². The summed E-state index contributed by atoms with van der Waals surface area (Å²) < 4.78 is 1.53. The zero-order valence-electron chi connectivity index (χ0n) is 14.9. The third-order valence-corrected chi connectivity index (χ3v) is 4.72. The van der Waals surface area contributed by atoms with Gasteiger partial charge in [-0.05, 0) is 46.8 Å². The van der Waals surface area contributed by atoms with E-state index in [4.69, 9.17) is 0 Å². The highest BCUT2D eigenvalue weighted by Crippen LogP contribution is 2.21. The molecule has 10 heteroatoms. The zero-order valence-corrected chi connectivity index (χ0v) is 14.9. The lowest BCUT2D eigenvalue weighted by atomic mass is 10.1. The van der Waals surface area contributed by atoms with E-state index in [9.17, 15) is 14.9 Å². The summed E-state index contributed by atoms with van der Waals surface area (Å²) in [5, 5.41) is 21.8. The number of rotatable bonds is 4. The molecule has 1 amide bonds. The van der Waals surface area contributed by atoms with Gasteiger partial charge in [-0.1, -0.05) is 0 Å². The van der Waals surface area contributed by atoms with Gasteiger partial charge in [0.2, 0.25) is 0 Å². The first-order chi connectivity index (χ1) is 13.6. The standard InChI is InChI=1S/C18H17N7O3/c26-18(14-1-3-16(4-2-14)24-13-19-20-21-24)23-11-9-22(10-12-23)15-5-7-17(8-6-15)25(27)28/h1-8,13H,9-12H2. The molecule has 1 fully saturated rings. The monoisotopic (exact) mass is 379 g/mol. The average Bonchev–Trinajstić information content (AvgIpc) is 3.28. The number of nitrogens with zero attached hydrogens (tertiary/aromatic N) is 7. The van der Waals surface area contributed by atoms with Crippen LogP contribution in [0, 0.1) is 10.1 Å². The SMILES string of the molecule is O=C(c1ccc(-n2cnnn2)cc1)N1CCN(c2ccc([N+](=O)[O-])cc2)CC1. The Labute approximate surface area is 160 Å². The van der Waals surface area contributed by atoms with Crippen molar-refractivity contribution in [2.45, 2.75) is 0 Å². The van der Waals surface area contributed by atoms with Crippen LogP contribution in [0.5, 0.6) is 0 Å². The Kier molecular flexibility index (Phi) is 4.67. The predicted molar refractivity (Wildman–Crippen MR) is 100 cm³/mol. The number of amides is 1. The lowest BCUT2D eigenvalue weighted by molar-refractivity contribution is -0.384. The first-order valence-electron chi connectivity index (χ1n) is 8.74. The number of hydrogen-bond donors (Lipinski definition) is 0. The molecule has 0 spiro atoms. The number of nitro groups is 1. The molecule has 1 aromatic heterocycles. The lowest BCUT2D eigenvalue weighted by Gasteiger charge is -2.36. The van der Waals surface area contributed by atoms with Gasteiger partial charge in [-0.15, -0.1) is 5.10 Å². The fourth-order valence-corrected chi connectivity index (χ4v) is 3.17. The molecule has 3 aromatic rings. The van der Waals surface area contributed by atoms with Gasteiger partial charge in [0.25, 0.3) is 11.6 Å². The highest BCUT2D eigenvalue weighted by atomic mass is 16.6. The molecule has 142 valence electrons. The number of piperazine rings is 1. The first kappa shape index (κ1) is 17.6. The van der Waals surface area contributed by atoms with Crippen LogP contribution in [0.1, 0.15) is 10.4 Å². The molecule has 2 heterocycles. The maximum atomic E-state index is 12.7. The lowest BCUT2D eigenvalue weighted by Crippen LogP contribution is -2.48. The van der Waals surface area contributed by atoms with Gasteiger partial charge in [-0.3, -0.25) is 14.9 Å². The zero-order chi connectivity index (χ0) is 19.5. The number of aromatic nitrogens is 4. The van der Waals surface area contributed by atoms with Gasteiger partial charge in [0.05, 0.1) is 10.6 Å². The Morgan fingerprint density at radius 2 is 1.57 bits per heavy atom. The summed E-state index contributed by atoms with van der Waals surface area (Å²) in [7, 11) is 0. The molecular weight excluding hydrogens is 362 g/mol. The average molecular weight is 379 g/mol. The summed E-state index contributed by atoms with van der Waals surface area (Å²) in [6.07, 6.45) is 1.49. The fourth-order valence-electron chi connectivity index (χ4n) is 3.17. The van der Waals surface area contributed by atoms with Crippen LogP contribution in [-0.4, -0.2) is 62.1 Å². The minimum absolute atomic E-state index is 0.0217. The highest BCUT2D eigenvalue weighted by molar-refractivity contribution is 5.94. The Hall–Kier alpha value is -3.82. The second kappa shape index (κ2) is 7.43. The number of tetrazole rings is 1. The van der Waals surface area contributed by atoms with E-state index in [1.807, 2.05) is 4.90 Å². The number of carbonyl (C=O) groups is 1. The van der Waals surface area contributed by atoms with Crippen molar-refractivity contribution < 1.29 is 9.72 Å². The molecule has 1 saturated heterocycles. The van der Waals surface area contributed by atoms with Gasteiger partial charge in [0.15, 0.2) is 0 Å². The van der Waals surface area contributed by atoms with Crippen molar-refractivity contribution in [3.8, 4) is 5.69 Å². The second-order valence-electron chi connectivity index (χ2n) is 6.35. The van der Waals surface area contributed by atoms with E-state index in [2.05, 4.69) is 20.4 Å². The molecule has 10 nitrogen and oxygen atoms in total.